The van der Waals surface area contributed by atoms with E-state index in [9.17, 15) is 4.79 Å². The molecule has 0 unspecified atom stereocenters. The smallest absolute Gasteiger partial charge is 0.266 e. The van der Waals surface area contributed by atoms with Crippen molar-refractivity contribution in [3.05, 3.63) is 12.7 Å². The van der Waals surface area contributed by atoms with E-state index < -0.39 is 0 Å². The van der Waals surface area contributed by atoms with Crippen molar-refractivity contribution in [2.75, 3.05) is 0 Å². The van der Waals surface area contributed by atoms with Crippen LogP contribution in [0.5, 0.6) is 0 Å². The van der Waals surface area contributed by atoms with E-state index >= 15 is 0 Å². The van der Waals surface area contributed by atoms with Gasteiger partial charge in [0.1, 0.15) is 0 Å². The molecule has 1 heterocycles. The van der Waals surface area contributed by atoms with Gasteiger partial charge in [-0.05, 0) is 16.5 Å². The van der Waals surface area contributed by atoms with Crippen LogP contribution in [0.25, 0.3) is 0 Å². The molecule has 1 aliphatic heterocycles. The van der Waals surface area contributed by atoms with Gasteiger partial charge in [0.15, 0.2) is 0 Å². The van der Waals surface area contributed by atoms with E-state index in [0.717, 1.165) is 11.2 Å². The van der Waals surface area contributed by atoms with Gasteiger partial charge in [-0.15, -0.1) is 0 Å². The summed E-state index contributed by atoms with van der Waals surface area (Å²) in [6.45, 7) is 3.21. The summed E-state index contributed by atoms with van der Waals surface area (Å²) in [5.74, 6) is -0.278. The fraction of sp³-hybridized carbons (Fsp3) is 0. The fourth-order valence-corrected chi connectivity index (χ4v) is 0.190. The molecule has 0 radical (unpaired) electrons. The molecular formula is C3H3N3O. The highest BCUT2D eigenvalue weighted by Crippen LogP contribution is 2.06. The monoisotopic (exact) mass is 97.0 g/mol. The number of carbonyl (C=O) groups excluding carboxylic acids is 1. The van der Waals surface area contributed by atoms with Crippen LogP contribution in [0.3, 0.4) is 0 Å². The Balaban J connectivity index is 2.39. The van der Waals surface area contributed by atoms with E-state index in [1.807, 2.05) is 0 Å². The first-order valence-electron chi connectivity index (χ1n) is 1.72. The lowest BCUT2D eigenvalue weighted by atomic mass is 10.6. The summed E-state index contributed by atoms with van der Waals surface area (Å²) in [6, 6.07) is 0. The number of hydrogen-bond donors (Lipinski definition) is 0. The second kappa shape index (κ2) is 1.14. The number of hydrogen-bond acceptors (Lipinski definition) is 3. The van der Waals surface area contributed by atoms with Crippen molar-refractivity contribution >= 4 is 5.91 Å². The van der Waals surface area contributed by atoms with Gasteiger partial charge in [-0.25, -0.2) is 0 Å². The molecule has 0 aromatic carbocycles. The van der Waals surface area contributed by atoms with E-state index in [-0.39, 0.29) is 5.91 Å². The molecule has 0 bridgehead atoms. The average Bonchev–Trinajstić information content (AvgIpc) is 2.44. The molecule has 0 aliphatic carbocycles. The lowest BCUT2D eigenvalue weighted by Crippen LogP contribution is -2.03. The van der Waals surface area contributed by atoms with Gasteiger partial charge in [-0.2, -0.15) is 0 Å². The number of carbonyl (C=O) groups is 1. The third-order valence-corrected chi connectivity index (χ3v) is 0.551. The summed E-state index contributed by atoms with van der Waals surface area (Å²) in [6.07, 6.45) is 1.15. The average molecular weight is 97.1 g/mol. The summed E-state index contributed by atoms with van der Waals surface area (Å²) < 4.78 is 0. The van der Waals surface area contributed by atoms with Crippen molar-refractivity contribution in [3.8, 4) is 0 Å². The first-order chi connectivity index (χ1) is 3.34. The van der Waals surface area contributed by atoms with Crippen LogP contribution in [-0.2, 0) is 4.79 Å². The summed E-state index contributed by atoms with van der Waals surface area (Å²) >= 11 is 0. The Morgan fingerprint density at radius 1 is 1.71 bits per heavy atom. The van der Waals surface area contributed by atoms with E-state index in [1.54, 1.807) is 0 Å². The van der Waals surface area contributed by atoms with Gasteiger partial charge in [0, 0.05) is 0 Å². The Hall–Kier alpha value is -1.19. The third kappa shape index (κ3) is 0.623. The van der Waals surface area contributed by atoms with Crippen molar-refractivity contribution in [3.63, 3.8) is 0 Å². The molecule has 0 N–H and O–H groups in total. The molecule has 7 heavy (non-hydrogen) atoms. The minimum Gasteiger partial charge on any atom is -0.266 e. The van der Waals surface area contributed by atoms with Gasteiger partial charge in [-0.3, -0.25) is 4.79 Å². The molecule has 0 aromatic rings. The summed E-state index contributed by atoms with van der Waals surface area (Å²) in [7, 11) is 0. The van der Waals surface area contributed by atoms with Crippen LogP contribution in [0, 0.1) is 0 Å². The molecule has 0 atom stereocenters. The highest BCUT2D eigenvalue weighted by Gasteiger charge is 2.16. The highest BCUT2D eigenvalue weighted by atomic mass is 16.2. The van der Waals surface area contributed by atoms with Crippen molar-refractivity contribution in [2.45, 2.75) is 0 Å². The predicted molar refractivity (Wildman–Crippen MR) is 21.9 cm³/mol. The van der Waals surface area contributed by atoms with Crippen LogP contribution in [0.15, 0.2) is 23.1 Å². The van der Waals surface area contributed by atoms with Gasteiger partial charge in [0.2, 0.25) is 0 Å². The van der Waals surface area contributed by atoms with Crippen molar-refractivity contribution in [1.82, 2.24) is 5.12 Å². The SMILES string of the molecule is C=CC(=O)N1N=N1. The molecule has 0 fully saturated rings. The molecule has 36 valence electrons. The molecule has 1 aliphatic rings. The number of amides is 1. The molecule has 4 nitrogen and oxygen atoms in total. The Kier molecular flexibility index (Phi) is 0.651. The molecule has 1 rings (SSSR count). The quantitative estimate of drug-likeness (QED) is 0.434. The van der Waals surface area contributed by atoms with E-state index in [1.165, 1.54) is 0 Å². The Morgan fingerprint density at radius 2 is 2.29 bits per heavy atom. The molecule has 1 amide bonds. The van der Waals surface area contributed by atoms with Crippen LogP contribution >= 0.6 is 0 Å². The maximum absolute atomic E-state index is 10.2. The number of nitrogens with zero attached hydrogens (tertiary/aromatic N) is 3. The lowest BCUT2D eigenvalue weighted by molar-refractivity contribution is -0.122. The van der Waals surface area contributed by atoms with E-state index in [4.69, 9.17) is 0 Å². The maximum atomic E-state index is 10.2. The standard InChI is InChI=1S/C3H3N3O/c1-2-3(7)6-4-5-6/h2H,1H2. The van der Waals surface area contributed by atoms with Crippen LogP contribution in [0.1, 0.15) is 0 Å². The normalized spacial score (nSPS) is 14.0. The van der Waals surface area contributed by atoms with Gasteiger partial charge in [-0.1, -0.05) is 11.7 Å². The second-order valence-corrected chi connectivity index (χ2v) is 1.01. The van der Waals surface area contributed by atoms with Crippen LogP contribution in [-0.4, -0.2) is 11.0 Å². The third-order valence-electron chi connectivity index (χ3n) is 0.551. The van der Waals surface area contributed by atoms with Crippen molar-refractivity contribution < 1.29 is 4.79 Å². The molecule has 4 heteroatoms. The van der Waals surface area contributed by atoms with Gasteiger partial charge < -0.3 is 0 Å². The van der Waals surface area contributed by atoms with Crippen LogP contribution < -0.4 is 0 Å². The highest BCUT2D eigenvalue weighted by molar-refractivity contribution is 5.86. The maximum Gasteiger partial charge on any atom is 0.291 e. The first-order valence-corrected chi connectivity index (χ1v) is 1.72. The zero-order chi connectivity index (χ0) is 5.28. The molecular weight excluding hydrogens is 94.1 g/mol. The van der Waals surface area contributed by atoms with Crippen molar-refractivity contribution in [1.29, 1.82) is 0 Å². The van der Waals surface area contributed by atoms with E-state index in [2.05, 4.69) is 17.0 Å². The van der Waals surface area contributed by atoms with Crippen molar-refractivity contribution in [2.24, 2.45) is 10.4 Å². The lowest BCUT2D eigenvalue weighted by Gasteiger charge is -1.79. The Morgan fingerprint density at radius 3 is 2.43 bits per heavy atom. The topological polar surface area (TPSA) is 44.8 Å². The zero-order valence-electron chi connectivity index (χ0n) is 3.53. The van der Waals surface area contributed by atoms with Gasteiger partial charge >= 0.3 is 0 Å². The molecule has 0 saturated heterocycles. The minimum absolute atomic E-state index is 0.278. The summed E-state index contributed by atoms with van der Waals surface area (Å²) in [5, 5.41) is 7.39. The second-order valence-electron chi connectivity index (χ2n) is 1.01. The van der Waals surface area contributed by atoms with Gasteiger partial charge in [0.05, 0.1) is 0 Å². The first kappa shape index (κ1) is 3.98. The largest absolute Gasteiger partial charge is 0.291 e. The molecule has 0 saturated carbocycles. The molecule has 0 spiro atoms. The zero-order valence-corrected chi connectivity index (χ0v) is 3.53. The van der Waals surface area contributed by atoms with Crippen LogP contribution in [0.2, 0.25) is 0 Å². The Labute approximate surface area is 40.1 Å². The minimum atomic E-state index is -0.278. The van der Waals surface area contributed by atoms with Gasteiger partial charge in [0.25, 0.3) is 5.91 Å². The summed E-state index contributed by atoms with van der Waals surface area (Å²) in [4.78, 5) is 10.2. The predicted octanol–water partition coefficient (Wildman–Crippen LogP) is 0.297. The van der Waals surface area contributed by atoms with Crippen LogP contribution in [0.4, 0.5) is 0 Å². The summed E-state index contributed by atoms with van der Waals surface area (Å²) in [5.41, 5.74) is 0. The molecule has 0 aromatic heterocycles. The number of rotatable bonds is 1. The fourth-order valence-electron chi connectivity index (χ4n) is 0.190. The Bertz CT molecular complexity index is 133. The van der Waals surface area contributed by atoms with E-state index in [0.29, 0.717) is 0 Å².